The summed E-state index contributed by atoms with van der Waals surface area (Å²) < 4.78 is 17.2. The SMILES string of the molecule is COc1c(C(=O)C(C)(CCO)OC)ncc(Br)c1OCc1ccccc1. The van der Waals surface area contributed by atoms with Crippen LogP contribution in [0.3, 0.4) is 0 Å². The number of carbonyl (C=O) groups excluding carboxylic acids is 1. The van der Waals surface area contributed by atoms with E-state index >= 15 is 0 Å². The van der Waals surface area contributed by atoms with Crippen molar-refractivity contribution < 1.29 is 24.1 Å². The van der Waals surface area contributed by atoms with Crippen LogP contribution in [-0.4, -0.2) is 42.3 Å². The average molecular weight is 424 g/mol. The summed E-state index contributed by atoms with van der Waals surface area (Å²) >= 11 is 3.39. The van der Waals surface area contributed by atoms with Crippen molar-refractivity contribution in [1.29, 1.82) is 0 Å². The predicted molar refractivity (Wildman–Crippen MR) is 101 cm³/mol. The number of aromatic nitrogens is 1. The van der Waals surface area contributed by atoms with E-state index < -0.39 is 5.60 Å². The third-order valence-electron chi connectivity index (χ3n) is 4.11. The number of carbonyl (C=O) groups is 1. The Morgan fingerprint density at radius 1 is 1.23 bits per heavy atom. The number of aliphatic hydroxyl groups is 1. The van der Waals surface area contributed by atoms with Gasteiger partial charge in [-0.2, -0.15) is 0 Å². The molecule has 0 aliphatic heterocycles. The van der Waals surface area contributed by atoms with Gasteiger partial charge in [0, 0.05) is 26.3 Å². The Hall–Kier alpha value is -1.96. The van der Waals surface area contributed by atoms with Crippen LogP contribution in [0.4, 0.5) is 0 Å². The van der Waals surface area contributed by atoms with E-state index in [4.69, 9.17) is 14.2 Å². The zero-order chi connectivity index (χ0) is 19.2. The number of pyridine rings is 1. The first-order valence-electron chi connectivity index (χ1n) is 8.07. The van der Waals surface area contributed by atoms with Gasteiger partial charge in [0.2, 0.25) is 5.78 Å². The number of ketones is 1. The Kier molecular flexibility index (Phi) is 7.14. The number of aliphatic hydroxyl groups excluding tert-OH is 1. The Balaban J connectivity index is 2.38. The Morgan fingerprint density at radius 3 is 2.50 bits per heavy atom. The summed E-state index contributed by atoms with van der Waals surface area (Å²) in [6.07, 6.45) is 1.63. The fraction of sp³-hybridized carbons (Fsp3) is 0.368. The number of rotatable bonds is 9. The van der Waals surface area contributed by atoms with E-state index in [1.54, 1.807) is 6.92 Å². The number of nitrogens with zero attached hydrogens (tertiary/aromatic N) is 1. The van der Waals surface area contributed by atoms with Crippen LogP contribution in [0, 0.1) is 0 Å². The fourth-order valence-electron chi connectivity index (χ4n) is 2.44. The molecule has 0 bridgehead atoms. The minimum Gasteiger partial charge on any atom is -0.491 e. The molecule has 7 heteroatoms. The summed E-state index contributed by atoms with van der Waals surface area (Å²) in [5, 5.41) is 9.25. The number of benzene rings is 1. The molecule has 0 radical (unpaired) electrons. The summed E-state index contributed by atoms with van der Waals surface area (Å²) in [5.41, 5.74) is -0.135. The highest BCUT2D eigenvalue weighted by Gasteiger charge is 2.37. The maximum atomic E-state index is 13.0. The second kappa shape index (κ2) is 9.12. The van der Waals surface area contributed by atoms with Gasteiger partial charge in [-0.15, -0.1) is 0 Å². The molecule has 0 saturated heterocycles. The summed E-state index contributed by atoms with van der Waals surface area (Å²) in [5.74, 6) is 0.224. The van der Waals surface area contributed by atoms with E-state index in [0.29, 0.717) is 16.8 Å². The maximum Gasteiger partial charge on any atom is 0.216 e. The van der Waals surface area contributed by atoms with Gasteiger partial charge in [-0.1, -0.05) is 30.3 Å². The number of methoxy groups -OCH3 is 2. The number of hydrogen-bond donors (Lipinski definition) is 1. The van der Waals surface area contributed by atoms with Crippen LogP contribution in [0.1, 0.15) is 29.4 Å². The minimum atomic E-state index is -1.21. The smallest absolute Gasteiger partial charge is 0.216 e. The third kappa shape index (κ3) is 4.41. The third-order valence-corrected chi connectivity index (χ3v) is 4.67. The van der Waals surface area contributed by atoms with Gasteiger partial charge in [0.25, 0.3) is 0 Å². The molecular weight excluding hydrogens is 402 g/mol. The number of halogens is 1. The van der Waals surface area contributed by atoms with Gasteiger partial charge in [0.1, 0.15) is 12.2 Å². The summed E-state index contributed by atoms with van der Waals surface area (Å²) in [6.45, 7) is 1.73. The Bertz CT molecular complexity index is 753. The monoisotopic (exact) mass is 423 g/mol. The molecule has 1 unspecified atom stereocenters. The van der Waals surface area contributed by atoms with Crippen molar-refractivity contribution in [2.24, 2.45) is 0 Å². The summed E-state index contributed by atoms with van der Waals surface area (Å²) in [4.78, 5) is 17.2. The van der Waals surface area contributed by atoms with E-state index in [1.807, 2.05) is 30.3 Å². The molecule has 0 saturated carbocycles. The van der Waals surface area contributed by atoms with E-state index in [1.165, 1.54) is 20.4 Å². The maximum absolute atomic E-state index is 13.0. The van der Waals surface area contributed by atoms with Gasteiger partial charge in [-0.3, -0.25) is 4.79 Å². The van der Waals surface area contributed by atoms with Gasteiger partial charge in [0.15, 0.2) is 17.2 Å². The molecule has 1 heterocycles. The zero-order valence-electron chi connectivity index (χ0n) is 15.0. The molecular formula is C19H22BrNO5. The number of Topliss-reactive ketones (excluding diaryl/α,β-unsaturated/α-hetero) is 1. The second-order valence-corrected chi connectivity index (χ2v) is 6.68. The topological polar surface area (TPSA) is 77.9 Å². The van der Waals surface area contributed by atoms with Crippen LogP contribution >= 0.6 is 15.9 Å². The lowest BCUT2D eigenvalue weighted by Crippen LogP contribution is -2.39. The highest BCUT2D eigenvalue weighted by atomic mass is 79.9. The molecule has 0 amide bonds. The first-order valence-corrected chi connectivity index (χ1v) is 8.86. The van der Waals surface area contributed by atoms with Crippen molar-refractivity contribution in [2.75, 3.05) is 20.8 Å². The Morgan fingerprint density at radius 2 is 1.92 bits per heavy atom. The molecule has 1 atom stereocenters. The lowest BCUT2D eigenvalue weighted by atomic mass is 9.93. The van der Waals surface area contributed by atoms with Crippen LogP contribution in [0.2, 0.25) is 0 Å². The van der Waals surface area contributed by atoms with Crippen molar-refractivity contribution in [3.8, 4) is 11.5 Å². The quantitative estimate of drug-likeness (QED) is 0.622. The molecule has 1 aromatic carbocycles. The van der Waals surface area contributed by atoms with E-state index in [0.717, 1.165) is 5.56 Å². The largest absolute Gasteiger partial charge is 0.491 e. The molecule has 2 rings (SSSR count). The molecule has 0 aliphatic rings. The normalized spacial score (nSPS) is 13.1. The Labute approximate surface area is 161 Å². The van der Waals surface area contributed by atoms with Gasteiger partial charge < -0.3 is 19.3 Å². The molecule has 0 aliphatic carbocycles. The molecule has 6 nitrogen and oxygen atoms in total. The molecule has 2 aromatic rings. The van der Waals surface area contributed by atoms with Gasteiger partial charge in [-0.25, -0.2) is 4.98 Å². The predicted octanol–water partition coefficient (Wildman–Crippen LogP) is 3.40. The summed E-state index contributed by atoms with van der Waals surface area (Å²) in [7, 11) is 2.87. The molecule has 0 fully saturated rings. The highest BCUT2D eigenvalue weighted by molar-refractivity contribution is 9.10. The highest BCUT2D eigenvalue weighted by Crippen LogP contribution is 2.39. The van der Waals surface area contributed by atoms with Gasteiger partial charge in [-0.05, 0) is 28.4 Å². The molecule has 0 spiro atoms. The number of hydrogen-bond acceptors (Lipinski definition) is 6. The van der Waals surface area contributed by atoms with E-state index in [-0.39, 0.29) is 30.3 Å². The van der Waals surface area contributed by atoms with Gasteiger partial charge in [0.05, 0.1) is 11.6 Å². The standard InChI is InChI=1S/C19H22BrNO5/c1-19(25-3,9-10-22)18(23)15-17(24-2)16(14(20)11-21-15)26-12-13-7-5-4-6-8-13/h4-8,11,22H,9-10,12H2,1-3H3. The first-order chi connectivity index (χ1) is 12.5. The molecule has 1 N–H and O–H groups in total. The van der Waals surface area contributed by atoms with Crippen molar-refractivity contribution in [1.82, 2.24) is 4.98 Å². The van der Waals surface area contributed by atoms with Gasteiger partial charge >= 0.3 is 0 Å². The second-order valence-electron chi connectivity index (χ2n) is 5.83. The van der Waals surface area contributed by atoms with Crippen molar-refractivity contribution in [3.05, 3.63) is 52.3 Å². The van der Waals surface area contributed by atoms with Crippen LogP contribution in [0.25, 0.3) is 0 Å². The molecule has 26 heavy (non-hydrogen) atoms. The molecule has 1 aromatic heterocycles. The fourth-order valence-corrected chi connectivity index (χ4v) is 2.84. The van der Waals surface area contributed by atoms with E-state index in [9.17, 15) is 9.90 Å². The van der Waals surface area contributed by atoms with Crippen molar-refractivity contribution >= 4 is 21.7 Å². The van der Waals surface area contributed by atoms with Crippen LogP contribution < -0.4 is 9.47 Å². The average Bonchev–Trinajstić information content (AvgIpc) is 2.67. The lowest BCUT2D eigenvalue weighted by Gasteiger charge is -2.26. The zero-order valence-corrected chi connectivity index (χ0v) is 16.6. The van der Waals surface area contributed by atoms with Crippen LogP contribution in [0.5, 0.6) is 11.5 Å². The number of ether oxygens (including phenoxy) is 3. The van der Waals surface area contributed by atoms with E-state index in [2.05, 4.69) is 20.9 Å². The first kappa shape index (κ1) is 20.4. The van der Waals surface area contributed by atoms with Crippen LogP contribution in [-0.2, 0) is 11.3 Å². The van der Waals surface area contributed by atoms with Crippen LogP contribution in [0.15, 0.2) is 41.0 Å². The minimum absolute atomic E-state index is 0.0940. The lowest BCUT2D eigenvalue weighted by molar-refractivity contribution is -0.00117. The summed E-state index contributed by atoms with van der Waals surface area (Å²) in [6, 6.07) is 9.65. The molecule has 140 valence electrons. The van der Waals surface area contributed by atoms with Crippen molar-refractivity contribution in [2.45, 2.75) is 25.6 Å². The van der Waals surface area contributed by atoms with Crippen molar-refractivity contribution in [3.63, 3.8) is 0 Å².